The number of rotatable bonds is 1. The Balaban J connectivity index is 2.39. The third-order valence-electron chi connectivity index (χ3n) is 2.55. The molecule has 2 heteroatoms. The summed E-state index contributed by atoms with van der Waals surface area (Å²) in [6, 6.07) is 8.28. The molecule has 0 bridgehead atoms. The summed E-state index contributed by atoms with van der Waals surface area (Å²) in [6.45, 7) is 5.23. The Morgan fingerprint density at radius 1 is 1.31 bits per heavy atom. The van der Waals surface area contributed by atoms with Crippen LogP contribution in [0.15, 0.2) is 24.3 Å². The van der Waals surface area contributed by atoms with E-state index in [1.165, 1.54) is 11.1 Å². The summed E-state index contributed by atoms with van der Waals surface area (Å²) < 4.78 is 10.8. The highest BCUT2D eigenvalue weighted by atomic mass is 16.7. The van der Waals surface area contributed by atoms with Gasteiger partial charge in [0.25, 0.3) is 0 Å². The summed E-state index contributed by atoms with van der Waals surface area (Å²) in [5, 5.41) is 0. The van der Waals surface area contributed by atoms with Crippen molar-refractivity contribution in [3.05, 3.63) is 35.4 Å². The maximum Gasteiger partial charge on any atom is 0.148 e. The normalized spacial score (nSPS) is 27.8. The molecule has 1 aromatic rings. The van der Waals surface area contributed by atoms with E-state index in [9.17, 15) is 0 Å². The van der Waals surface area contributed by atoms with Gasteiger partial charge in [0, 0.05) is 0 Å². The average molecular weight is 178 g/mol. The first kappa shape index (κ1) is 8.73. The van der Waals surface area contributed by atoms with Gasteiger partial charge in [-0.25, -0.2) is 0 Å². The molecule has 2 rings (SSSR count). The minimum Gasteiger partial charge on any atom is -0.352 e. The van der Waals surface area contributed by atoms with Crippen LogP contribution in [0.25, 0.3) is 0 Å². The van der Waals surface area contributed by atoms with Gasteiger partial charge in [-0.1, -0.05) is 24.3 Å². The highest BCUT2D eigenvalue weighted by Crippen LogP contribution is 2.31. The van der Waals surface area contributed by atoms with Crippen molar-refractivity contribution in [1.29, 1.82) is 0 Å². The zero-order valence-electron chi connectivity index (χ0n) is 8.04. The van der Waals surface area contributed by atoms with E-state index in [0.29, 0.717) is 13.4 Å². The Morgan fingerprint density at radius 2 is 2.08 bits per heavy atom. The molecule has 1 aromatic carbocycles. The molecule has 1 heterocycles. The van der Waals surface area contributed by atoms with E-state index in [0.717, 1.165) is 0 Å². The SMILES string of the molecule is Cc1ccccc1C1(C)COCO1. The number of benzene rings is 1. The highest BCUT2D eigenvalue weighted by Gasteiger charge is 2.33. The second kappa shape index (κ2) is 3.13. The van der Waals surface area contributed by atoms with Crippen LogP contribution in [0.4, 0.5) is 0 Å². The molecule has 0 saturated carbocycles. The molecule has 1 aliphatic heterocycles. The molecule has 70 valence electrons. The van der Waals surface area contributed by atoms with Crippen molar-refractivity contribution in [3.63, 3.8) is 0 Å². The van der Waals surface area contributed by atoms with Crippen LogP contribution < -0.4 is 0 Å². The largest absolute Gasteiger partial charge is 0.352 e. The smallest absolute Gasteiger partial charge is 0.148 e. The summed E-state index contributed by atoms with van der Waals surface area (Å²) >= 11 is 0. The number of ether oxygens (including phenoxy) is 2. The van der Waals surface area contributed by atoms with Crippen LogP contribution in [0.1, 0.15) is 18.1 Å². The Kier molecular flexibility index (Phi) is 2.10. The van der Waals surface area contributed by atoms with Gasteiger partial charge in [-0.2, -0.15) is 0 Å². The minimum absolute atomic E-state index is 0.245. The lowest BCUT2D eigenvalue weighted by atomic mass is 9.93. The van der Waals surface area contributed by atoms with Crippen LogP contribution in [-0.4, -0.2) is 13.4 Å². The van der Waals surface area contributed by atoms with E-state index >= 15 is 0 Å². The topological polar surface area (TPSA) is 18.5 Å². The molecule has 1 saturated heterocycles. The standard InChI is InChI=1S/C11H14O2/c1-9-5-3-4-6-10(9)11(2)7-12-8-13-11/h3-6H,7-8H2,1-2H3. The molecule has 0 amide bonds. The molecule has 0 spiro atoms. The van der Waals surface area contributed by atoms with Gasteiger partial charge in [0.1, 0.15) is 12.4 Å². The predicted octanol–water partition coefficient (Wildman–Crippen LogP) is 2.21. The Morgan fingerprint density at radius 3 is 2.69 bits per heavy atom. The molecule has 0 aliphatic carbocycles. The first-order valence-electron chi connectivity index (χ1n) is 4.50. The second-order valence-corrected chi connectivity index (χ2v) is 3.66. The van der Waals surface area contributed by atoms with Gasteiger partial charge in [-0.15, -0.1) is 0 Å². The molecule has 1 fully saturated rings. The highest BCUT2D eigenvalue weighted by molar-refractivity contribution is 5.31. The molecular formula is C11H14O2. The molecule has 1 unspecified atom stereocenters. The van der Waals surface area contributed by atoms with Gasteiger partial charge >= 0.3 is 0 Å². The van der Waals surface area contributed by atoms with Crippen molar-refractivity contribution in [3.8, 4) is 0 Å². The van der Waals surface area contributed by atoms with Crippen LogP contribution in [0.5, 0.6) is 0 Å². The van der Waals surface area contributed by atoms with Crippen LogP contribution in [0.2, 0.25) is 0 Å². The van der Waals surface area contributed by atoms with Gasteiger partial charge in [0.15, 0.2) is 0 Å². The van der Waals surface area contributed by atoms with Crippen molar-refractivity contribution >= 4 is 0 Å². The fourth-order valence-corrected chi connectivity index (χ4v) is 1.77. The molecule has 0 aromatic heterocycles. The monoisotopic (exact) mass is 178 g/mol. The fraction of sp³-hybridized carbons (Fsp3) is 0.455. The average Bonchev–Trinajstić information content (AvgIpc) is 2.54. The maximum atomic E-state index is 5.59. The van der Waals surface area contributed by atoms with Crippen molar-refractivity contribution in [2.45, 2.75) is 19.4 Å². The van der Waals surface area contributed by atoms with Crippen LogP contribution in [0, 0.1) is 6.92 Å². The number of hydrogen-bond acceptors (Lipinski definition) is 2. The summed E-state index contributed by atoms with van der Waals surface area (Å²) in [4.78, 5) is 0. The first-order chi connectivity index (χ1) is 6.22. The summed E-state index contributed by atoms with van der Waals surface area (Å²) in [7, 11) is 0. The quantitative estimate of drug-likeness (QED) is 0.656. The zero-order chi connectivity index (χ0) is 9.31. The number of hydrogen-bond donors (Lipinski definition) is 0. The molecule has 13 heavy (non-hydrogen) atoms. The lowest BCUT2D eigenvalue weighted by Gasteiger charge is -2.23. The van der Waals surface area contributed by atoms with Crippen LogP contribution >= 0.6 is 0 Å². The third-order valence-corrected chi connectivity index (χ3v) is 2.55. The number of aryl methyl sites for hydroxylation is 1. The zero-order valence-corrected chi connectivity index (χ0v) is 8.04. The predicted molar refractivity (Wildman–Crippen MR) is 50.4 cm³/mol. The fourth-order valence-electron chi connectivity index (χ4n) is 1.77. The van der Waals surface area contributed by atoms with Crippen molar-refractivity contribution in [1.82, 2.24) is 0 Å². The van der Waals surface area contributed by atoms with Crippen LogP contribution in [0.3, 0.4) is 0 Å². The van der Waals surface area contributed by atoms with E-state index in [-0.39, 0.29) is 5.60 Å². The second-order valence-electron chi connectivity index (χ2n) is 3.66. The van der Waals surface area contributed by atoms with E-state index in [4.69, 9.17) is 9.47 Å². The van der Waals surface area contributed by atoms with Gasteiger partial charge in [0.2, 0.25) is 0 Å². The lowest BCUT2D eigenvalue weighted by Crippen LogP contribution is -2.24. The summed E-state index contributed by atoms with van der Waals surface area (Å²) in [5.41, 5.74) is 2.24. The van der Waals surface area contributed by atoms with E-state index in [1.807, 2.05) is 12.1 Å². The van der Waals surface area contributed by atoms with E-state index < -0.39 is 0 Å². The molecule has 1 aliphatic rings. The van der Waals surface area contributed by atoms with Gasteiger partial charge < -0.3 is 9.47 Å². The molecule has 0 radical (unpaired) electrons. The first-order valence-corrected chi connectivity index (χ1v) is 4.50. The third kappa shape index (κ3) is 1.47. The van der Waals surface area contributed by atoms with Crippen molar-refractivity contribution in [2.24, 2.45) is 0 Å². The van der Waals surface area contributed by atoms with Crippen molar-refractivity contribution < 1.29 is 9.47 Å². The van der Waals surface area contributed by atoms with E-state index in [1.54, 1.807) is 0 Å². The van der Waals surface area contributed by atoms with Gasteiger partial charge in [-0.05, 0) is 25.0 Å². The van der Waals surface area contributed by atoms with Crippen molar-refractivity contribution in [2.75, 3.05) is 13.4 Å². The summed E-state index contributed by atoms with van der Waals surface area (Å²) in [6.07, 6.45) is 0. The minimum atomic E-state index is -0.245. The summed E-state index contributed by atoms with van der Waals surface area (Å²) in [5.74, 6) is 0. The lowest BCUT2D eigenvalue weighted by molar-refractivity contribution is -0.000748. The van der Waals surface area contributed by atoms with E-state index in [2.05, 4.69) is 26.0 Å². The Bertz CT molecular complexity index is 301. The molecule has 1 atom stereocenters. The van der Waals surface area contributed by atoms with Gasteiger partial charge in [0.05, 0.1) is 6.61 Å². The molecule has 2 nitrogen and oxygen atoms in total. The maximum absolute atomic E-state index is 5.59. The Labute approximate surface area is 78.5 Å². The van der Waals surface area contributed by atoms with Gasteiger partial charge in [-0.3, -0.25) is 0 Å². The molecule has 0 N–H and O–H groups in total. The Hall–Kier alpha value is -0.860. The van der Waals surface area contributed by atoms with Crippen LogP contribution in [-0.2, 0) is 15.1 Å². The molecular weight excluding hydrogens is 164 g/mol.